The monoisotopic (exact) mass is 259 g/mol. The molecule has 0 aliphatic rings. The van der Waals surface area contributed by atoms with Crippen LogP contribution >= 0.6 is 0 Å². The largest absolute Gasteiger partial charge is 0.497 e. The van der Waals surface area contributed by atoms with E-state index in [1.807, 2.05) is 12.1 Å². The van der Waals surface area contributed by atoms with Crippen LogP contribution in [0.2, 0.25) is 0 Å². The molecule has 0 amide bonds. The van der Waals surface area contributed by atoms with Gasteiger partial charge in [0.2, 0.25) is 0 Å². The number of nitrogens with two attached hydrogens (primary N) is 2. The van der Waals surface area contributed by atoms with Crippen molar-refractivity contribution >= 4 is 5.69 Å². The molecular formula is C14H17N3O2. The van der Waals surface area contributed by atoms with E-state index in [-0.39, 0.29) is 6.04 Å². The van der Waals surface area contributed by atoms with Gasteiger partial charge in [0.05, 0.1) is 20.3 Å². The number of ether oxygens (including phenoxy) is 2. The Hall–Kier alpha value is -2.27. The smallest absolute Gasteiger partial charge is 0.122 e. The number of hydrogen-bond acceptors (Lipinski definition) is 5. The van der Waals surface area contributed by atoms with Crippen LogP contribution in [0, 0.1) is 0 Å². The van der Waals surface area contributed by atoms with Crippen molar-refractivity contribution in [3.63, 3.8) is 0 Å². The minimum absolute atomic E-state index is 0.377. The molecule has 0 aliphatic heterocycles. The summed E-state index contributed by atoms with van der Waals surface area (Å²) in [5, 5.41) is 0. The first-order valence-corrected chi connectivity index (χ1v) is 5.83. The first-order valence-electron chi connectivity index (χ1n) is 5.83. The fourth-order valence-corrected chi connectivity index (χ4v) is 1.87. The second-order valence-corrected chi connectivity index (χ2v) is 4.13. The fourth-order valence-electron chi connectivity index (χ4n) is 1.87. The van der Waals surface area contributed by atoms with Gasteiger partial charge in [-0.2, -0.15) is 0 Å². The maximum atomic E-state index is 6.23. The molecule has 0 spiro atoms. The Kier molecular flexibility index (Phi) is 3.87. The van der Waals surface area contributed by atoms with Crippen molar-refractivity contribution in [3.05, 3.63) is 47.8 Å². The molecule has 1 aromatic heterocycles. The minimum Gasteiger partial charge on any atom is -0.497 e. The number of aromatic nitrogens is 1. The van der Waals surface area contributed by atoms with Gasteiger partial charge in [0.25, 0.3) is 0 Å². The van der Waals surface area contributed by atoms with Gasteiger partial charge in [-0.05, 0) is 23.8 Å². The highest BCUT2D eigenvalue weighted by Gasteiger charge is 2.14. The highest BCUT2D eigenvalue weighted by atomic mass is 16.5. The summed E-state index contributed by atoms with van der Waals surface area (Å²) in [5.41, 5.74) is 14.4. The second-order valence-electron chi connectivity index (χ2n) is 4.13. The summed E-state index contributed by atoms with van der Waals surface area (Å²) in [4.78, 5) is 4.05. The summed E-state index contributed by atoms with van der Waals surface area (Å²) in [7, 11) is 3.20. The Bertz CT molecular complexity index is 550. The lowest BCUT2D eigenvalue weighted by atomic mass is 9.99. The molecule has 4 N–H and O–H groups in total. The van der Waals surface area contributed by atoms with Crippen molar-refractivity contribution in [2.75, 3.05) is 20.0 Å². The Balaban J connectivity index is 2.43. The van der Waals surface area contributed by atoms with Crippen LogP contribution in [0.5, 0.6) is 11.5 Å². The Morgan fingerprint density at radius 1 is 1.11 bits per heavy atom. The zero-order valence-corrected chi connectivity index (χ0v) is 11.0. The molecule has 0 saturated heterocycles. The normalized spacial score (nSPS) is 11.9. The first kappa shape index (κ1) is 13.2. The van der Waals surface area contributed by atoms with Gasteiger partial charge in [-0.25, -0.2) is 0 Å². The lowest BCUT2D eigenvalue weighted by molar-refractivity contribution is 0.393. The third-order valence-corrected chi connectivity index (χ3v) is 2.96. The summed E-state index contributed by atoms with van der Waals surface area (Å²) in [6, 6.07) is 6.87. The van der Waals surface area contributed by atoms with Crippen LogP contribution < -0.4 is 20.9 Å². The van der Waals surface area contributed by atoms with E-state index in [1.54, 1.807) is 38.7 Å². The molecule has 19 heavy (non-hydrogen) atoms. The molecule has 0 fully saturated rings. The maximum absolute atomic E-state index is 6.23. The quantitative estimate of drug-likeness (QED) is 0.873. The Morgan fingerprint density at radius 2 is 1.74 bits per heavy atom. The van der Waals surface area contributed by atoms with Crippen molar-refractivity contribution in [2.24, 2.45) is 5.73 Å². The van der Waals surface area contributed by atoms with Gasteiger partial charge in [-0.1, -0.05) is 0 Å². The van der Waals surface area contributed by atoms with E-state index in [9.17, 15) is 0 Å². The Morgan fingerprint density at radius 3 is 2.26 bits per heavy atom. The van der Waals surface area contributed by atoms with Crippen LogP contribution in [0.4, 0.5) is 5.69 Å². The standard InChI is InChI=1S/C14H17N3O2/c1-18-10-5-9(6-11(7-10)19-2)14(16)12-8-17-4-3-13(12)15/h3-8,14H,16H2,1-2H3,(H2,15,17). The van der Waals surface area contributed by atoms with Crippen LogP contribution in [-0.4, -0.2) is 19.2 Å². The SMILES string of the molecule is COc1cc(OC)cc(C(N)c2cnccc2N)c1. The zero-order valence-electron chi connectivity index (χ0n) is 11.0. The number of nitrogen functional groups attached to an aromatic ring is 1. The van der Waals surface area contributed by atoms with E-state index in [2.05, 4.69) is 4.98 Å². The first-order chi connectivity index (χ1) is 9.15. The van der Waals surface area contributed by atoms with Gasteiger partial charge in [0.1, 0.15) is 11.5 Å². The molecule has 2 rings (SSSR count). The highest BCUT2D eigenvalue weighted by Crippen LogP contribution is 2.30. The number of benzene rings is 1. The molecule has 0 aliphatic carbocycles. The lowest BCUT2D eigenvalue weighted by Gasteiger charge is -2.16. The van der Waals surface area contributed by atoms with E-state index in [0.29, 0.717) is 17.2 Å². The van der Waals surface area contributed by atoms with Gasteiger partial charge in [-0.15, -0.1) is 0 Å². The second kappa shape index (κ2) is 5.58. The van der Waals surface area contributed by atoms with Crippen molar-refractivity contribution in [1.29, 1.82) is 0 Å². The topological polar surface area (TPSA) is 83.4 Å². The van der Waals surface area contributed by atoms with Crippen LogP contribution in [-0.2, 0) is 0 Å². The summed E-state index contributed by atoms with van der Waals surface area (Å²) in [5.74, 6) is 1.37. The van der Waals surface area contributed by atoms with Gasteiger partial charge < -0.3 is 20.9 Å². The van der Waals surface area contributed by atoms with Gasteiger partial charge in [0, 0.05) is 29.7 Å². The average Bonchev–Trinajstić information content (AvgIpc) is 2.46. The van der Waals surface area contributed by atoms with E-state index < -0.39 is 0 Å². The zero-order chi connectivity index (χ0) is 13.8. The molecule has 1 unspecified atom stereocenters. The molecule has 2 aromatic rings. The fraction of sp³-hybridized carbons (Fsp3) is 0.214. The van der Waals surface area contributed by atoms with Crippen LogP contribution in [0.1, 0.15) is 17.2 Å². The van der Waals surface area contributed by atoms with Crippen LogP contribution in [0.15, 0.2) is 36.7 Å². The van der Waals surface area contributed by atoms with Gasteiger partial charge in [0.15, 0.2) is 0 Å². The molecular weight excluding hydrogens is 242 g/mol. The molecule has 1 heterocycles. The predicted octanol–water partition coefficient (Wildman–Crippen LogP) is 1.73. The molecule has 0 bridgehead atoms. The van der Waals surface area contributed by atoms with E-state index in [0.717, 1.165) is 11.1 Å². The van der Waals surface area contributed by atoms with E-state index >= 15 is 0 Å². The third kappa shape index (κ3) is 2.77. The maximum Gasteiger partial charge on any atom is 0.122 e. The molecule has 5 heteroatoms. The number of anilines is 1. The van der Waals surface area contributed by atoms with Gasteiger partial charge >= 0.3 is 0 Å². The third-order valence-electron chi connectivity index (χ3n) is 2.96. The number of nitrogens with zero attached hydrogens (tertiary/aromatic N) is 1. The van der Waals surface area contributed by atoms with Crippen LogP contribution in [0.25, 0.3) is 0 Å². The van der Waals surface area contributed by atoms with E-state index in [4.69, 9.17) is 20.9 Å². The number of methoxy groups -OCH3 is 2. The van der Waals surface area contributed by atoms with Crippen LogP contribution in [0.3, 0.4) is 0 Å². The lowest BCUT2D eigenvalue weighted by Crippen LogP contribution is -2.14. The minimum atomic E-state index is -0.377. The Labute approximate surface area is 112 Å². The highest BCUT2D eigenvalue weighted by molar-refractivity contribution is 5.51. The number of pyridine rings is 1. The molecule has 1 atom stereocenters. The number of rotatable bonds is 4. The summed E-state index contributed by atoms with van der Waals surface area (Å²) >= 11 is 0. The summed E-state index contributed by atoms with van der Waals surface area (Å²) in [6.45, 7) is 0. The number of hydrogen-bond donors (Lipinski definition) is 2. The molecule has 5 nitrogen and oxygen atoms in total. The van der Waals surface area contributed by atoms with Crippen molar-refractivity contribution in [3.8, 4) is 11.5 Å². The van der Waals surface area contributed by atoms with Crippen molar-refractivity contribution in [1.82, 2.24) is 4.98 Å². The summed E-state index contributed by atoms with van der Waals surface area (Å²) < 4.78 is 10.5. The van der Waals surface area contributed by atoms with E-state index in [1.165, 1.54) is 0 Å². The van der Waals surface area contributed by atoms with Crippen molar-refractivity contribution in [2.45, 2.75) is 6.04 Å². The van der Waals surface area contributed by atoms with Crippen molar-refractivity contribution < 1.29 is 9.47 Å². The molecule has 0 saturated carbocycles. The predicted molar refractivity (Wildman–Crippen MR) is 74.2 cm³/mol. The molecule has 1 aromatic carbocycles. The average molecular weight is 259 g/mol. The van der Waals surface area contributed by atoms with Gasteiger partial charge in [-0.3, -0.25) is 4.98 Å². The summed E-state index contributed by atoms with van der Waals surface area (Å²) in [6.07, 6.45) is 3.31. The molecule has 100 valence electrons. The molecule has 0 radical (unpaired) electrons.